The van der Waals surface area contributed by atoms with E-state index in [4.69, 9.17) is 42.7 Å². The van der Waals surface area contributed by atoms with Crippen molar-refractivity contribution in [3.63, 3.8) is 0 Å². The molecule has 20 heteroatoms. The fourth-order valence-electron chi connectivity index (χ4n) is 10.0. The molecule has 16 atom stereocenters. The van der Waals surface area contributed by atoms with Crippen molar-refractivity contribution in [2.75, 3.05) is 54.7 Å². The highest BCUT2D eigenvalue weighted by Crippen LogP contribution is 2.36. The van der Waals surface area contributed by atoms with Gasteiger partial charge in [0.25, 0.3) is 0 Å². The monoisotopic (exact) mass is 985 g/mol. The van der Waals surface area contributed by atoms with E-state index in [1.807, 2.05) is 33.8 Å². The molecule has 2 saturated heterocycles. The van der Waals surface area contributed by atoms with Crippen LogP contribution in [0.2, 0.25) is 0 Å². The summed E-state index contributed by atoms with van der Waals surface area (Å²) in [4.78, 5) is 49.0. The van der Waals surface area contributed by atoms with Crippen molar-refractivity contribution >= 4 is 17.5 Å². The minimum atomic E-state index is -1.26. The molecule has 1 saturated carbocycles. The first-order valence-electron chi connectivity index (χ1n) is 24.6. The molecule has 0 radical (unpaired) electrons. The molecule has 6 rings (SSSR count). The molecule has 20 nitrogen and oxygen atoms in total. The number of oxime groups is 1. The number of hydrogen-bond donors (Lipinski definition) is 3. The molecule has 2 bridgehead atoms. The van der Waals surface area contributed by atoms with Crippen molar-refractivity contribution in [2.45, 2.75) is 153 Å². The van der Waals surface area contributed by atoms with Gasteiger partial charge in [-0.25, -0.2) is 15.0 Å². The first-order chi connectivity index (χ1) is 33.6. The van der Waals surface area contributed by atoms with E-state index in [9.17, 15) is 24.9 Å². The Morgan fingerprint density at radius 3 is 2.41 bits per heavy atom. The van der Waals surface area contributed by atoms with Crippen molar-refractivity contribution in [3.8, 4) is 5.95 Å². The zero-order chi connectivity index (χ0) is 50.5. The molecule has 1 unspecified atom stereocenters. The molecular formula is C50H76N6O14. The van der Waals surface area contributed by atoms with Gasteiger partial charge in [0.2, 0.25) is 5.95 Å². The van der Waals surface area contributed by atoms with Crippen LogP contribution in [-0.4, -0.2) is 185 Å². The number of rotatable bonds is 13. The van der Waals surface area contributed by atoms with Crippen molar-refractivity contribution in [1.29, 1.82) is 0 Å². The Bertz CT molecular complexity index is 2040. The first-order valence-corrected chi connectivity index (χ1v) is 24.6. The molecule has 1 aliphatic carbocycles. The summed E-state index contributed by atoms with van der Waals surface area (Å²) in [6.45, 7) is 9.72. The fraction of sp³-hybridized carbons (Fsp3) is 0.720. The van der Waals surface area contributed by atoms with Crippen molar-refractivity contribution in [3.05, 3.63) is 60.5 Å². The first kappa shape index (κ1) is 55.3. The van der Waals surface area contributed by atoms with Gasteiger partial charge in [-0.1, -0.05) is 43.7 Å². The number of esters is 1. The van der Waals surface area contributed by atoms with Gasteiger partial charge >= 0.3 is 5.97 Å². The quantitative estimate of drug-likeness (QED) is 0.193. The van der Waals surface area contributed by atoms with Crippen molar-refractivity contribution in [2.24, 2.45) is 28.8 Å². The number of nitrogens with zero attached hydrogens (tertiary/aromatic N) is 6. The zero-order valence-electron chi connectivity index (χ0n) is 42.2. The number of aromatic nitrogens is 4. The maximum atomic E-state index is 14.5. The summed E-state index contributed by atoms with van der Waals surface area (Å²) < 4.78 is 52.0. The lowest BCUT2D eigenvalue weighted by Crippen LogP contribution is -2.63. The molecule has 0 amide bonds. The van der Waals surface area contributed by atoms with Gasteiger partial charge in [0.1, 0.15) is 36.5 Å². The Morgan fingerprint density at radius 2 is 1.70 bits per heavy atom. The largest absolute Gasteiger partial charge is 0.462 e. The predicted molar refractivity (Wildman–Crippen MR) is 254 cm³/mol. The standard InChI is InChI=1S/C50H76N6O14/c1-10-39-34(24-65-40-15-14-38(58)47(62-8)48(40)63-9)20-29(2)12-13-37(57)30(3)21-33-16-19-64-25-36(54-67-27-35-23-56(28-53-35)50-51-17-11-18-52-50)26-66-41(22-42(59)69-39)31(4)46(33)70-49-45(61)43(55(6)7)44(60)32(5)68-49/h11-13,17-18,20,23,28,30-34,38-41,43-49,58,60-61H,10,14-16,19,21-22,24-27H2,1-9H3/b13-12+,29-20+,54-36+/t30-,31+,32-,33?,34-,38-,39-,40-,41-,43+,44-,45-,46-,47-,48+,49+/m1/s1. The minimum absolute atomic E-state index is 0.0254. The molecule has 0 spiro atoms. The van der Waals surface area contributed by atoms with E-state index < -0.39 is 97.1 Å². The number of aliphatic hydroxyl groups excluding tert-OH is 3. The summed E-state index contributed by atoms with van der Waals surface area (Å²) in [6, 6.07) is 1.02. The fourth-order valence-corrected chi connectivity index (χ4v) is 10.0. The Labute approximate surface area is 411 Å². The number of aliphatic hydroxyl groups is 3. The van der Waals surface area contributed by atoms with E-state index in [1.54, 1.807) is 80.7 Å². The summed E-state index contributed by atoms with van der Waals surface area (Å²) in [6.07, 6.45) is 5.33. The van der Waals surface area contributed by atoms with E-state index in [0.717, 1.165) is 5.57 Å². The zero-order valence-corrected chi connectivity index (χ0v) is 42.2. The SMILES string of the molecule is CC[C@H]1OC(=O)C[C@H]2OC/C(=N/OCc3cn(-c4ncccn4)cn3)COCCC(C[C@@H](C)C(=O)/C=C/C(C)=C/[C@@H]1CO[C@@H]1CC[C@@H](O)[C@@H](OC)[C@H]1OC)[C@H](O[C@@H]1O[C@H](C)[C@@H](O)[C@H](N(C)C)[C@H]1O)[C@H]2C. The molecule has 3 fully saturated rings. The number of methoxy groups -OCH3 is 2. The molecular weight excluding hydrogens is 909 g/mol. The number of carbonyl (C=O) groups excluding carboxylic acids is 2. The van der Waals surface area contributed by atoms with Gasteiger partial charge in [0, 0.05) is 57.2 Å². The number of fused-ring (bicyclic) bond motifs is 3. The van der Waals surface area contributed by atoms with Gasteiger partial charge in [0.05, 0.1) is 74.6 Å². The van der Waals surface area contributed by atoms with Crippen LogP contribution < -0.4 is 0 Å². The van der Waals surface area contributed by atoms with Crippen LogP contribution in [0.4, 0.5) is 0 Å². The Balaban J connectivity index is 1.32. The molecule has 390 valence electrons. The average molecular weight is 985 g/mol. The van der Waals surface area contributed by atoms with E-state index in [-0.39, 0.29) is 51.2 Å². The summed E-state index contributed by atoms with van der Waals surface area (Å²) in [5, 5.41) is 37.9. The maximum Gasteiger partial charge on any atom is 0.308 e. The normalized spacial score (nSPS) is 37.3. The summed E-state index contributed by atoms with van der Waals surface area (Å²) in [5.74, 6) is -2.03. The number of carbonyl (C=O) groups is 2. The Hall–Kier alpha value is -4.06. The number of ketones is 1. The Kier molecular flexibility index (Phi) is 21.0. The third-order valence-electron chi connectivity index (χ3n) is 14.0. The second kappa shape index (κ2) is 26.6. The van der Waals surface area contributed by atoms with Gasteiger partial charge in [0.15, 0.2) is 18.7 Å². The van der Waals surface area contributed by atoms with Crippen LogP contribution in [0, 0.1) is 23.7 Å². The number of cyclic esters (lactones) is 1. The van der Waals surface area contributed by atoms with E-state index >= 15 is 0 Å². The lowest BCUT2D eigenvalue weighted by atomic mass is 9.79. The second-order valence-corrected chi connectivity index (χ2v) is 19.3. The second-order valence-electron chi connectivity index (χ2n) is 19.3. The van der Waals surface area contributed by atoms with Gasteiger partial charge in [-0.15, -0.1) is 0 Å². The smallest absolute Gasteiger partial charge is 0.308 e. The molecule has 5 heterocycles. The number of imidazole rings is 1. The van der Waals surface area contributed by atoms with Crippen LogP contribution >= 0.6 is 0 Å². The number of hydrogen-bond acceptors (Lipinski definition) is 19. The van der Waals surface area contributed by atoms with Crippen LogP contribution in [0.15, 0.2) is 59.9 Å². The van der Waals surface area contributed by atoms with Gasteiger partial charge in [-0.05, 0) is 78.1 Å². The number of likely N-dealkylation sites (N-methyl/N-ethyl adjacent to an activating group) is 1. The highest BCUT2D eigenvalue weighted by Gasteiger charge is 2.48. The third-order valence-corrected chi connectivity index (χ3v) is 14.0. The van der Waals surface area contributed by atoms with Crippen LogP contribution in [0.25, 0.3) is 5.95 Å². The van der Waals surface area contributed by atoms with Crippen LogP contribution in [0.3, 0.4) is 0 Å². The average Bonchev–Trinajstić information content (AvgIpc) is 3.82. The molecule has 2 aromatic rings. The summed E-state index contributed by atoms with van der Waals surface area (Å²) in [5.41, 5.74) is 1.77. The molecule has 2 aromatic heterocycles. The number of allylic oxidation sites excluding steroid dienone is 3. The number of ether oxygens (including phenoxy) is 8. The van der Waals surface area contributed by atoms with Crippen LogP contribution in [0.1, 0.15) is 78.8 Å². The third kappa shape index (κ3) is 14.6. The molecule has 0 aromatic carbocycles. The molecule has 3 aliphatic heterocycles. The highest BCUT2D eigenvalue weighted by atomic mass is 16.7. The molecule has 70 heavy (non-hydrogen) atoms. The minimum Gasteiger partial charge on any atom is -0.462 e. The van der Waals surface area contributed by atoms with Gasteiger partial charge < -0.3 is 63.0 Å². The van der Waals surface area contributed by atoms with Crippen LogP contribution in [0.5, 0.6) is 0 Å². The lowest BCUT2D eigenvalue weighted by molar-refractivity contribution is -0.305. The van der Waals surface area contributed by atoms with E-state index in [2.05, 4.69) is 20.1 Å². The predicted octanol–water partition coefficient (Wildman–Crippen LogP) is 3.38. The molecule has 3 N–H and O–H groups in total. The van der Waals surface area contributed by atoms with Crippen LogP contribution in [-0.2, 0) is 58.9 Å². The summed E-state index contributed by atoms with van der Waals surface area (Å²) in [7, 11) is 6.64. The van der Waals surface area contributed by atoms with Gasteiger partial charge in [-0.2, -0.15) is 0 Å². The topological polar surface area (TPSA) is 237 Å². The lowest BCUT2D eigenvalue weighted by Gasteiger charge is -2.47. The summed E-state index contributed by atoms with van der Waals surface area (Å²) >= 11 is 0. The highest BCUT2D eigenvalue weighted by molar-refractivity contribution is 5.91. The maximum absolute atomic E-state index is 14.5. The van der Waals surface area contributed by atoms with Crippen molar-refractivity contribution in [1.82, 2.24) is 24.4 Å². The van der Waals surface area contributed by atoms with Gasteiger partial charge in [-0.3, -0.25) is 14.2 Å². The van der Waals surface area contributed by atoms with Crippen molar-refractivity contribution < 1.29 is 67.6 Å². The molecule has 4 aliphatic rings. The Morgan fingerprint density at radius 1 is 0.943 bits per heavy atom. The van der Waals surface area contributed by atoms with E-state index in [1.165, 1.54) is 7.11 Å². The van der Waals surface area contributed by atoms with E-state index in [0.29, 0.717) is 49.5 Å².